The highest BCUT2D eigenvalue weighted by Gasteiger charge is 2.36. The summed E-state index contributed by atoms with van der Waals surface area (Å²) in [4.78, 5) is 41.0. The number of rotatable bonds is 42. The number of ether oxygens (including phenoxy) is 3. The summed E-state index contributed by atoms with van der Waals surface area (Å²) >= 11 is 0. The minimum absolute atomic E-state index is 0.202. The average molecular weight is 840 g/mol. The molecule has 0 aromatic carbocycles. The van der Waals surface area contributed by atoms with Crippen LogP contribution in [0.5, 0.6) is 0 Å². The molecule has 59 heavy (non-hydrogen) atoms. The fourth-order valence-electron chi connectivity index (χ4n) is 7.90. The van der Waals surface area contributed by atoms with Crippen molar-refractivity contribution >= 4 is 17.9 Å². The highest BCUT2D eigenvalue weighted by molar-refractivity contribution is 5.70. The number of carbonyl (C=O) groups is 3. The monoisotopic (exact) mass is 840 g/mol. The molecule has 0 rings (SSSR count). The molecule has 0 saturated carbocycles. The molecule has 9 heteroatoms. The third-order valence-electron chi connectivity index (χ3n) is 11.3. The van der Waals surface area contributed by atoms with Gasteiger partial charge in [-0.15, -0.1) is 0 Å². The van der Waals surface area contributed by atoms with Crippen LogP contribution < -0.4 is 0 Å². The van der Waals surface area contributed by atoms with Crippen molar-refractivity contribution in [3.05, 3.63) is 0 Å². The van der Waals surface area contributed by atoms with Gasteiger partial charge in [0.2, 0.25) is 0 Å². The molecule has 0 heterocycles. The molecule has 0 bridgehead atoms. The van der Waals surface area contributed by atoms with Gasteiger partial charge in [-0.3, -0.25) is 19.3 Å². The number of aliphatic hydroxyl groups excluding tert-OH is 2. The van der Waals surface area contributed by atoms with Gasteiger partial charge in [0.15, 0.2) is 0 Å². The van der Waals surface area contributed by atoms with Crippen LogP contribution in [0.4, 0.5) is 0 Å². The fraction of sp³-hybridized carbons (Fsp3) is 0.940. The molecule has 0 fully saturated rings. The van der Waals surface area contributed by atoms with E-state index in [1.807, 2.05) is 20.8 Å². The Bertz CT molecular complexity index is 984. The quantitative estimate of drug-likeness (QED) is 0.0351. The maximum atomic E-state index is 13.5. The van der Waals surface area contributed by atoms with Gasteiger partial charge in [-0.05, 0) is 78.7 Å². The zero-order valence-corrected chi connectivity index (χ0v) is 39.8. The molecule has 9 nitrogen and oxygen atoms in total. The van der Waals surface area contributed by atoms with E-state index in [1.165, 1.54) is 64.2 Å². The number of nitrogens with zero attached hydrogens (tertiary/aromatic N) is 1. The number of aliphatic hydroxyl groups is 2. The lowest BCUT2D eigenvalue weighted by Crippen LogP contribution is -2.54. The number of hydrogen-bond donors (Lipinski definition) is 2. The van der Waals surface area contributed by atoms with E-state index < -0.39 is 30.0 Å². The minimum Gasteiger partial charge on any atom is -0.466 e. The van der Waals surface area contributed by atoms with E-state index in [0.717, 1.165) is 89.9 Å². The van der Waals surface area contributed by atoms with Crippen molar-refractivity contribution in [2.75, 3.05) is 19.7 Å². The summed E-state index contributed by atoms with van der Waals surface area (Å²) in [5.41, 5.74) is -0.591. The van der Waals surface area contributed by atoms with Crippen molar-refractivity contribution in [2.45, 2.75) is 284 Å². The number of hydrogen-bond acceptors (Lipinski definition) is 9. The van der Waals surface area contributed by atoms with E-state index in [9.17, 15) is 24.6 Å². The standard InChI is InChI=1S/C50H97NO8/c1-8-12-16-20-22-23-24-27-31-41-57-46(54)38-32-34-43(52)42-51(40-33-39-48(56)59-50(5,6)7)49(44(53)35-28-19-15-11-4)45(36-29-26-21-17-13-9-2)58-47(55)37-30-25-18-14-10-3/h43-45,49,52-53H,8-42H2,1-7H3. The Morgan fingerprint density at radius 2 is 0.966 bits per heavy atom. The smallest absolute Gasteiger partial charge is 0.306 e. The highest BCUT2D eigenvalue weighted by atomic mass is 16.6. The largest absolute Gasteiger partial charge is 0.466 e. The normalized spacial score (nSPS) is 13.9. The van der Waals surface area contributed by atoms with Crippen LogP contribution in [-0.2, 0) is 28.6 Å². The van der Waals surface area contributed by atoms with Crippen LogP contribution in [0.3, 0.4) is 0 Å². The molecule has 4 unspecified atom stereocenters. The maximum absolute atomic E-state index is 13.5. The van der Waals surface area contributed by atoms with Gasteiger partial charge >= 0.3 is 17.9 Å². The number of unbranched alkanes of at least 4 members (excludes halogenated alkanes) is 20. The number of esters is 3. The van der Waals surface area contributed by atoms with Crippen LogP contribution in [0, 0.1) is 0 Å². The third kappa shape index (κ3) is 35.6. The van der Waals surface area contributed by atoms with Crippen LogP contribution >= 0.6 is 0 Å². The van der Waals surface area contributed by atoms with Gasteiger partial charge in [0.1, 0.15) is 11.7 Å². The lowest BCUT2D eigenvalue weighted by atomic mass is 9.92. The topological polar surface area (TPSA) is 123 Å². The first kappa shape index (κ1) is 57.3. The Balaban J connectivity index is 5.94. The van der Waals surface area contributed by atoms with Crippen molar-refractivity contribution in [2.24, 2.45) is 0 Å². The highest BCUT2D eigenvalue weighted by Crippen LogP contribution is 2.25. The minimum atomic E-state index is -0.779. The van der Waals surface area contributed by atoms with Gasteiger partial charge in [-0.2, -0.15) is 0 Å². The molecule has 0 aromatic heterocycles. The second-order valence-corrected chi connectivity index (χ2v) is 18.4. The molecule has 350 valence electrons. The molecule has 0 amide bonds. The van der Waals surface area contributed by atoms with Gasteiger partial charge in [0.25, 0.3) is 0 Å². The van der Waals surface area contributed by atoms with Crippen molar-refractivity contribution in [3.8, 4) is 0 Å². The average Bonchev–Trinajstić information content (AvgIpc) is 3.17. The van der Waals surface area contributed by atoms with Crippen LogP contribution in [0.2, 0.25) is 0 Å². The molecular formula is C50H97NO8. The molecule has 4 atom stereocenters. The molecule has 2 N–H and O–H groups in total. The lowest BCUT2D eigenvalue weighted by Gasteiger charge is -2.40. The predicted molar refractivity (Wildman–Crippen MR) is 244 cm³/mol. The molecule has 0 aliphatic carbocycles. The molecule has 0 aromatic rings. The van der Waals surface area contributed by atoms with Crippen molar-refractivity contribution in [1.82, 2.24) is 4.90 Å². The molecule has 0 aliphatic heterocycles. The second kappa shape index (κ2) is 39.2. The van der Waals surface area contributed by atoms with Gasteiger partial charge < -0.3 is 24.4 Å². The summed E-state index contributed by atoms with van der Waals surface area (Å²) in [6.45, 7) is 15.5. The Hall–Kier alpha value is -1.71. The Labute approximate surface area is 364 Å². The van der Waals surface area contributed by atoms with E-state index in [4.69, 9.17) is 14.2 Å². The van der Waals surface area contributed by atoms with E-state index in [2.05, 4.69) is 32.6 Å². The summed E-state index contributed by atoms with van der Waals surface area (Å²) in [5.74, 6) is -0.739. The molecule has 0 aliphatic rings. The predicted octanol–water partition coefficient (Wildman–Crippen LogP) is 12.7. The first-order valence-corrected chi connectivity index (χ1v) is 25.0. The van der Waals surface area contributed by atoms with E-state index in [-0.39, 0.29) is 37.3 Å². The molecular weight excluding hydrogens is 743 g/mol. The van der Waals surface area contributed by atoms with Crippen LogP contribution in [0.25, 0.3) is 0 Å². The summed E-state index contributed by atoms with van der Waals surface area (Å²) in [6.07, 6.45) is 27.9. The first-order chi connectivity index (χ1) is 28.4. The third-order valence-corrected chi connectivity index (χ3v) is 11.3. The molecule has 0 spiro atoms. The van der Waals surface area contributed by atoms with Crippen molar-refractivity contribution in [3.63, 3.8) is 0 Å². The zero-order valence-electron chi connectivity index (χ0n) is 39.8. The summed E-state index contributed by atoms with van der Waals surface area (Å²) in [7, 11) is 0. The lowest BCUT2D eigenvalue weighted by molar-refractivity contribution is -0.157. The maximum Gasteiger partial charge on any atom is 0.306 e. The number of carbonyl (C=O) groups excluding carboxylic acids is 3. The van der Waals surface area contributed by atoms with E-state index >= 15 is 0 Å². The Morgan fingerprint density at radius 3 is 1.53 bits per heavy atom. The van der Waals surface area contributed by atoms with Crippen LogP contribution in [0.15, 0.2) is 0 Å². The van der Waals surface area contributed by atoms with E-state index in [1.54, 1.807) is 0 Å². The van der Waals surface area contributed by atoms with Gasteiger partial charge in [-0.1, -0.05) is 163 Å². The summed E-state index contributed by atoms with van der Waals surface area (Å²) < 4.78 is 17.5. The van der Waals surface area contributed by atoms with Crippen molar-refractivity contribution in [1.29, 1.82) is 0 Å². The zero-order chi connectivity index (χ0) is 44.0. The molecule has 0 saturated heterocycles. The Kier molecular flexibility index (Phi) is 38.0. The van der Waals surface area contributed by atoms with Gasteiger partial charge in [0, 0.05) is 25.8 Å². The van der Waals surface area contributed by atoms with Gasteiger partial charge in [-0.25, -0.2) is 0 Å². The van der Waals surface area contributed by atoms with Crippen LogP contribution in [-0.4, -0.2) is 82.7 Å². The van der Waals surface area contributed by atoms with Crippen LogP contribution in [0.1, 0.15) is 254 Å². The fourth-order valence-corrected chi connectivity index (χ4v) is 7.90. The summed E-state index contributed by atoms with van der Waals surface area (Å²) in [6, 6.07) is -0.536. The first-order valence-electron chi connectivity index (χ1n) is 25.0. The molecule has 0 radical (unpaired) electrons. The Morgan fingerprint density at radius 1 is 0.508 bits per heavy atom. The second-order valence-electron chi connectivity index (χ2n) is 18.4. The van der Waals surface area contributed by atoms with Crippen molar-refractivity contribution < 1.29 is 38.8 Å². The van der Waals surface area contributed by atoms with Gasteiger partial charge in [0.05, 0.1) is 24.9 Å². The summed E-state index contributed by atoms with van der Waals surface area (Å²) in [5, 5.41) is 23.6. The van der Waals surface area contributed by atoms with E-state index in [0.29, 0.717) is 51.7 Å². The SMILES string of the molecule is CCCCCCCCCCCOC(=O)CCCC(O)CN(CCCC(=O)OC(C)(C)C)C(C(O)CCCCCC)C(CCCCCCCC)OC(=O)CCCCCCC.